The minimum Gasteiger partial charge on any atom is -0.497 e. The Balaban J connectivity index is 1.94. The van der Waals surface area contributed by atoms with Crippen molar-refractivity contribution in [2.45, 2.75) is 13.8 Å². The summed E-state index contributed by atoms with van der Waals surface area (Å²) in [5.41, 5.74) is 3.71. The second-order valence-electron chi connectivity index (χ2n) is 5.20. The van der Waals surface area contributed by atoms with Gasteiger partial charge in [0.1, 0.15) is 5.75 Å². The van der Waals surface area contributed by atoms with Crippen molar-refractivity contribution >= 4 is 48.5 Å². The highest BCUT2D eigenvalue weighted by Gasteiger charge is 2.15. The zero-order chi connectivity index (χ0) is 16.6. The minimum atomic E-state index is -0.217. The van der Waals surface area contributed by atoms with Crippen LogP contribution in [0.15, 0.2) is 34.8 Å². The first kappa shape index (κ1) is 16.0. The zero-order valence-corrected chi connectivity index (χ0v) is 15.3. The summed E-state index contributed by atoms with van der Waals surface area (Å²) in [7, 11) is 1.57. The fourth-order valence-electron chi connectivity index (χ4n) is 2.28. The van der Waals surface area contributed by atoms with Gasteiger partial charge in [0.15, 0.2) is 5.13 Å². The molecule has 0 fully saturated rings. The third-order valence-electron chi connectivity index (χ3n) is 3.58. The monoisotopic (exact) mass is 390 g/mol. The van der Waals surface area contributed by atoms with E-state index in [4.69, 9.17) is 4.74 Å². The number of carbonyl (C=O) groups is 1. The molecule has 1 aromatic heterocycles. The summed E-state index contributed by atoms with van der Waals surface area (Å²) in [5.74, 6) is 0.416. The Bertz CT molecular complexity index is 866. The zero-order valence-electron chi connectivity index (χ0n) is 12.9. The summed E-state index contributed by atoms with van der Waals surface area (Å²) >= 11 is 4.89. The van der Waals surface area contributed by atoms with Crippen molar-refractivity contribution < 1.29 is 9.53 Å². The van der Waals surface area contributed by atoms with Crippen LogP contribution in [-0.4, -0.2) is 18.0 Å². The first-order valence-electron chi connectivity index (χ1n) is 7.01. The summed E-state index contributed by atoms with van der Waals surface area (Å²) in [6.07, 6.45) is 0. The molecule has 0 saturated carbocycles. The number of methoxy groups -OCH3 is 1. The number of ether oxygens (including phenoxy) is 1. The van der Waals surface area contributed by atoms with Crippen LogP contribution in [0.5, 0.6) is 5.75 Å². The molecule has 0 aliphatic heterocycles. The minimum absolute atomic E-state index is 0.217. The van der Waals surface area contributed by atoms with E-state index in [9.17, 15) is 4.79 Å². The fraction of sp³-hybridized carbons (Fsp3) is 0.176. The van der Waals surface area contributed by atoms with E-state index in [1.165, 1.54) is 11.3 Å². The second kappa shape index (κ2) is 6.29. The van der Waals surface area contributed by atoms with Crippen molar-refractivity contribution in [1.82, 2.24) is 4.98 Å². The van der Waals surface area contributed by atoms with E-state index in [0.717, 1.165) is 21.3 Å². The molecule has 0 saturated heterocycles. The predicted molar refractivity (Wildman–Crippen MR) is 97.7 cm³/mol. The van der Waals surface area contributed by atoms with E-state index < -0.39 is 0 Å². The normalized spacial score (nSPS) is 10.8. The number of amides is 1. The van der Waals surface area contributed by atoms with E-state index in [-0.39, 0.29) is 5.91 Å². The SMILES string of the molecule is COc1ccc(Br)c(C(=O)Nc2nc3c(C)ccc(C)c3s2)c1. The van der Waals surface area contributed by atoms with Crippen LogP contribution in [0.1, 0.15) is 21.5 Å². The number of rotatable bonds is 3. The third-order valence-corrected chi connectivity index (χ3v) is 5.38. The number of nitrogens with zero attached hydrogens (tertiary/aromatic N) is 1. The quantitative estimate of drug-likeness (QED) is 0.688. The van der Waals surface area contributed by atoms with Crippen molar-refractivity contribution in [2.75, 3.05) is 12.4 Å². The molecule has 0 atom stereocenters. The largest absolute Gasteiger partial charge is 0.497 e. The molecule has 0 spiro atoms. The number of fused-ring (bicyclic) bond motifs is 1. The lowest BCUT2D eigenvalue weighted by molar-refractivity contribution is 0.102. The number of hydrogen-bond acceptors (Lipinski definition) is 4. The highest BCUT2D eigenvalue weighted by molar-refractivity contribution is 9.10. The first-order valence-corrected chi connectivity index (χ1v) is 8.62. The number of aryl methyl sites for hydroxylation is 2. The van der Waals surface area contributed by atoms with Gasteiger partial charge < -0.3 is 4.74 Å². The molecule has 118 valence electrons. The van der Waals surface area contributed by atoms with Crippen LogP contribution < -0.4 is 10.1 Å². The molecule has 2 aromatic carbocycles. The fourth-order valence-corrected chi connectivity index (χ4v) is 3.72. The van der Waals surface area contributed by atoms with Gasteiger partial charge in [-0.05, 0) is 59.1 Å². The number of anilines is 1. The van der Waals surface area contributed by atoms with Gasteiger partial charge in [-0.15, -0.1) is 0 Å². The van der Waals surface area contributed by atoms with Gasteiger partial charge in [-0.3, -0.25) is 10.1 Å². The molecule has 0 radical (unpaired) electrons. The van der Waals surface area contributed by atoms with Crippen molar-refractivity contribution in [3.05, 3.63) is 51.5 Å². The van der Waals surface area contributed by atoms with Gasteiger partial charge in [-0.2, -0.15) is 0 Å². The van der Waals surface area contributed by atoms with Crippen LogP contribution in [0.4, 0.5) is 5.13 Å². The topological polar surface area (TPSA) is 51.2 Å². The van der Waals surface area contributed by atoms with E-state index >= 15 is 0 Å². The van der Waals surface area contributed by atoms with Crippen LogP contribution in [0.25, 0.3) is 10.2 Å². The molecular formula is C17H15BrN2O2S. The van der Waals surface area contributed by atoms with Gasteiger partial charge in [-0.25, -0.2) is 4.98 Å². The van der Waals surface area contributed by atoms with Gasteiger partial charge in [0.05, 0.1) is 22.9 Å². The van der Waals surface area contributed by atoms with Gasteiger partial charge in [0.2, 0.25) is 0 Å². The molecule has 4 nitrogen and oxygen atoms in total. The summed E-state index contributed by atoms with van der Waals surface area (Å²) < 4.78 is 6.99. The molecule has 0 unspecified atom stereocenters. The van der Waals surface area contributed by atoms with Crippen molar-refractivity contribution in [3.63, 3.8) is 0 Å². The molecule has 23 heavy (non-hydrogen) atoms. The Morgan fingerprint density at radius 1 is 1.22 bits per heavy atom. The highest BCUT2D eigenvalue weighted by Crippen LogP contribution is 2.31. The first-order chi connectivity index (χ1) is 11.0. The van der Waals surface area contributed by atoms with Gasteiger partial charge in [0.25, 0.3) is 5.91 Å². The van der Waals surface area contributed by atoms with Gasteiger partial charge >= 0.3 is 0 Å². The summed E-state index contributed by atoms with van der Waals surface area (Å²) in [6.45, 7) is 4.07. The average molecular weight is 391 g/mol. The lowest BCUT2D eigenvalue weighted by Gasteiger charge is -2.06. The molecule has 3 aromatic rings. The average Bonchev–Trinajstić information content (AvgIpc) is 2.96. The lowest BCUT2D eigenvalue weighted by atomic mass is 10.1. The number of hydrogen-bond donors (Lipinski definition) is 1. The molecular weight excluding hydrogens is 376 g/mol. The smallest absolute Gasteiger partial charge is 0.258 e. The molecule has 1 heterocycles. The van der Waals surface area contributed by atoms with Crippen molar-refractivity contribution in [2.24, 2.45) is 0 Å². The van der Waals surface area contributed by atoms with E-state index in [1.807, 2.05) is 19.9 Å². The summed E-state index contributed by atoms with van der Waals surface area (Å²) in [4.78, 5) is 17.1. The van der Waals surface area contributed by atoms with Crippen LogP contribution in [-0.2, 0) is 0 Å². The number of aromatic nitrogens is 1. The second-order valence-corrected chi connectivity index (χ2v) is 7.05. The van der Waals surface area contributed by atoms with Crippen molar-refractivity contribution in [3.8, 4) is 5.75 Å². The predicted octanol–water partition coefficient (Wildman–Crippen LogP) is 4.94. The molecule has 0 aliphatic rings. The van der Waals surface area contributed by atoms with Crippen LogP contribution in [0.2, 0.25) is 0 Å². The molecule has 0 aliphatic carbocycles. The Labute approximate surface area is 146 Å². The van der Waals surface area contributed by atoms with Gasteiger partial charge in [-0.1, -0.05) is 23.5 Å². The van der Waals surface area contributed by atoms with Crippen LogP contribution in [0.3, 0.4) is 0 Å². The summed E-state index contributed by atoms with van der Waals surface area (Å²) in [6, 6.07) is 9.40. The number of thiazole rings is 1. The molecule has 3 rings (SSSR count). The maximum Gasteiger partial charge on any atom is 0.258 e. The molecule has 0 bridgehead atoms. The number of benzene rings is 2. The number of halogens is 1. The Kier molecular flexibility index (Phi) is 4.37. The van der Waals surface area contributed by atoms with E-state index in [0.29, 0.717) is 20.9 Å². The van der Waals surface area contributed by atoms with E-state index in [2.05, 4.69) is 32.3 Å². The van der Waals surface area contributed by atoms with E-state index in [1.54, 1.807) is 25.3 Å². The van der Waals surface area contributed by atoms with Crippen LogP contribution >= 0.6 is 27.3 Å². The molecule has 6 heteroatoms. The maximum absolute atomic E-state index is 12.5. The molecule has 1 amide bonds. The highest BCUT2D eigenvalue weighted by atomic mass is 79.9. The standard InChI is InChI=1S/C17H15BrN2O2S/c1-9-4-5-10(2)15-14(9)19-17(23-15)20-16(21)12-8-11(22-3)6-7-13(12)18/h4-8H,1-3H3,(H,19,20,21). The number of nitrogens with one attached hydrogen (secondary N) is 1. The van der Waals surface area contributed by atoms with Crippen LogP contribution in [0, 0.1) is 13.8 Å². The van der Waals surface area contributed by atoms with Gasteiger partial charge in [0, 0.05) is 4.47 Å². The Morgan fingerprint density at radius 3 is 2.65 bits per heavy atom. The van der Waals surface area contributed by atoms with Crippen molar-refractivity contribution in [1.29, 1.82) is 0 Å². The molecule has 1 N–H and O–H groups in total. The maximum atomic E-state index is 12.5. The number of carbonyl (C=O) groups excluding carboxylic acids is 1. The summed E-state index contributed by atoms with van der Waals surface area (Å²) in [5, 5.41) is 3.47. The third kappa shape index (κ3) is 3.09. The Morgan fingerprint density at radius 2 is 1.96 bits per heavy atom. The Hall–Kier alpha value is -1.92. The lowest BCUT2D eigenvalue weighted by Crippen LogP contribution is -2.12.